The predicted molar refractivity (Wildman–Crippen MR) is 216 cm³/mol. The molecule has 2 heteroatoms. The molecule has 0 saturated carbocycles. The van der Waals surface area contributed by atoms with Gasteiger partial charge in [0, 0.05) is 6.42 Å². The summed E-state index contributed by atoms with van der Waals surface area (Å²) in [4.78, 5) is 0. The van der Waals surface area contributed by atoms with Gasteiger partial charge in [-0.05, 0) is 32.1 Å². The molecule has 1 heterocycles. The Balaban J connectivity index is 2.19. The average molecular weight is 672 g/mol. The molecule has 48 heavy (non-hydrogen) atoms. The van der Waals surface area contributed by atoms with Crippen LogP contribution in [0.3, 0.4) is 0 Å². The first-order valence-electron chi connectivity index (χ1n) is 22.9. The molecule has 0 bridgehead atoms. The second-order valence-corrected chi connectivity index (χ2v) is 15.9. The van der Waals surface area contributed by atoms with Crippen molar-refractivity contribution < 1.29 is 4.57 Å². The van der Waals surface area contributed by atoms with Gasteiger partial charge in [0.25, 0.3) is 5.82 Å². The maximum Gasteiger partial charge on any atom is 0.256 e. The van der Waals surface area contributed by atoms with Gasteiger partial charge in [0.1, 0.15) is 12.4 Å². The Bertz CT molecular complexity index is 736. The summed E-state index contributed by atoms with van der Waals surface area (Å²) in [6, 6.07) is 0. The van der Waals surface area contributed by atoms with E-state index in [4.69, 9.17) is 0 Å². The number of hydrogen-bond acceptors (Lipinski definition) is 0. The lowest BCUT2D eigenvalue weighted by atomic mass is 10.0. The second kappa shape index (κ2) is 37.5. The maximum absolute atomic E-state index is 2.64. The van der Waals surface area contributed by atoms with Crippen LogP contribution in [-0.2, 0) is 19.5 Å². The zero-order chi connectivity index (χ0) is 34.4. The Morgan fingerprint density at radius 3 is 1.00 bits per heavy atom. The molecule has 2 nitrogen and oxygen atoms in total. The Kier molecular flexibility index (Phi) is 35.3. The lowest BCUT2D eigenvalue weighted by Gasteiger charge is -2.07. The maximum atomic E-state index is 2.64. The van der Waals surface area contributed by atoms with Crippen molar-refractivity contribution in [3.05, 3.63) is 18.2 Å². The molecule has 0 amide bonds. The quantitative estimate of drug-likeness (QED) is 0.0485. The molecule has 0 aliphatic carbocycles. The van der Waals surface area contributed by atoms with Crippen molar-refractivity contribution in [2.24, 2.45) is 0 Å². The molecule has 1 aromatic heterocycles. The molecule has 1 aromatic rings. The van der Waals surface area contributed by atoms with E-state index in [1.165, 1.54) is 257 Å². The Morgan fingerprint density at radius 1 is 0.354 bits per heavy atom. The fourth-order valence-electron chi connectivity index (χ4n) is 7.74. The fourth-order valence-corrected chi connectivity index (χ4v) is 7.74. The molecule has 0 N–H and O–H groups in total. The summed E-state index contributed by atoms with van der Waals surface area (Å²) in [6.45, 7) is 9.41. The zero-order valence-corrected chi connectivity index (χ0v) is 33.8. The van der Waals surface area contributed by atoms with Crippen LogP contribution >= 0.6 is 0 Å². The number of imidazole rings is 1. The van der Waals surface area contributed by atoms with Gasteiger partial charge in [-0.1, -0.05) is 226 Å². The van der Waals surface area contributed by atoms with E-state index in [2.05, 4.69) is 42.3 Å². The highest BCUT2D eigenvalue weighted by atomic mass is 15.1. The highest BCUT2D eigenvalue weighted by Crippen LogP contribution is 2.16. The SMILES string of the molecule is CCCCCCCCCCCCCCCCCCCn1cc[n+](CCCCCCCCCCCCCCC)c1CCCCCCCCC. The van der Waals surface area contributed by atoms with E-state index in [-0.39, 0.29) is 0 Å². The van der Waals surface area contributed by atoms with Crippen molar-refractivity contribution in [3.8, 4) is 0 Å². The molecule has 0 aliphatic heterocycles. The van der Waals surface area contributed by atoms with Crippen molar-refractivity contribution in [2.75, 3.05) is 0 Å². The number of unbranched alkanes of at least 4 members (excludes halogenated alkanes) is 34. The lowest BCUT2D eigenvalue weighted by molar-refractivity contribution is -0.704. The fraction of sp³-hybridized carbons (Fsp3) is 0.935. The number of aryl methyl sites for hydroxylation is 2. The molecule has 0 radical (unpaired) electrons. The van der Waals surface area contributed by atoms with E-state index in [1.807, 2.05) is 0 Å². The van der Waals surface area contributed by atoms with Gasteiger partial charge in [0.05, 0.1) is 13.1 Å². The van der Waals surface area contributed by atoms with Crippen LogP contribution in [0.4, 0.5) is 0 Å². The van der Waals surface area contributed by atoms with E-state index < -0.39 is 0 Å². The number of rotatable bonds is 40. The molecule has 0 atom stereocenters. The van der Waals surface area contributed by atoms with Crippen molar-refractivity contribution in [1.82, 2.24) is 4.57 Å². The van der Waals surface area contributed by atoms with E-state index in [0.29, 0.717) is 0 Å². The van der Waals surface area contributed by atoms with Gasteiger partial charge < -0.3 is 0 Å². The van der Waals surface area contributed by atoms with Gasteiger partial charge in [-0.3, -0.25) is 0 Å². The van der Waals surface area contributed by atoms with Crippen LogP contribution < -0.4 is 4.57 Å². The van der Waals surface area contributed by atoms with Gasteiger partial charge in [-0.25, -0.2) is 9.13 Å². The summed E-state index contributed by atoms with van der Waals surface area (Å²) in [5.41, 5.74) is 0. The summed E-state index contributed by atoms with van der Waals surface area (Å²) >= 11 is 0. The number of aromatic nitrogens is 2. The third-order valence-corrected chi connectivity index (χ3v) is 11.1. The molecule has 284 valence electrons. The summed E-state index contributed by atoms with van der Waals surface area (Å²) in [5.74, 6) is 1.62. The van der Waals surface area contributed by atoms with Gasteiger partial charge in [-0.15, -0.1) is 0 Å². The molecular weight excluding hydrogens is 581 g/mol. The number of hydrogen-bond donors (Lipinski definition) is 0. The van der Waals surface area contributed by atoms with Crippen LogP contribution in [0.15, 0.2) is 12.4 Å². The molecule has 1 rings (SSSR count). The molecule has 0 fully saturated rings. The molecule has 0 aromatic carbocycles. The lowest BCUT2D eigenvalue weighted by Crippen LogP contribution is -2.37. The van der Waals surface area contributed by atoms with E-state index in [1.54, 1.807) is 5.82 Å². The topological polar surface area (TPSA) is 8.81 Å². The molecule has 0 unspecified atom stereocenters. The Hall–Kier alpha value is -0.790. The van der Waals surface area contributed by atoms with Gasteiger partial charge in [-0.2, -0.15) is 0 Å². The van der Waals surface area contributed by atoms with Crippen molar-refractivity contribution in [3.63, 3.8) is 0 Å². The first-order valence-corrected chi connectivity index (χ1v) is 22.9. The molecule has 0 spiro atoms. The third-order valence-electron chi connectivity index (χ3n) is 11.1. The molecule has 0 aliphatic rings. The van der Waals surface area contributed by atoms with Crippen LogP contribution in [0.5, 0.6) is 0 Å². The van der Waals surface area contributed by atoms with Crippen LogP contribution in [0, 0.1) is 0 Å². The minimum absolute atomic E-state index is 1.23. The van der Waals surface area contributed by atoms with Crippen LogP contribution in [0.25, 0.3) is 0 Å². The zero-order valence-electron chi connectivity index (χ0n) is 33.8. The first-order chi connectivity index (χ1) is 23.8. The normalized spacial score (nSPS) is 11.6. The van der Waals surface area contributed by atoms with Crippen molar-refractivity contribution >= 4 is 0 Å². The first kappa shape index (κ1) is 45.2. The minimum atomic E-state index is 1.23. The third kappa shape index (κ3) is 29.0. The monoisotopic (exact) mass is 672 g/mol. The van der Waals surface area contributed by atoms with Crippen molar-refractivity contribution in [1.29, 1.82) is 0 Å². The highest BCUT2D eigenvalue weighted by Gasteiger charge is 2.16. The molecule has 0 saturated heterocycles. The second-order valence-electron chi connectivity index (χ2n) is 15.9. The summed E-state index contributed by atoms with van der Waals surface area (Å²) in [7, 11) is 0. The van der Waals surface area contributed by atoms with Crippen LogP contribution in [-0.4, -0.2) is 4.57 Å². The average Bonchev–Trinajstić information content (AvgIpc) is 3.48. The van der Waals surface area contributed by atoms with Gasteiger partial charge in [0.2, 0.25) is 0 Å². The van der Waals surface area contributed by atoms with Gasteiger partial charge >= 0.3 is 0 Å². The van der Waals surface area contributed by atoms with Crippen LogP contribution in [0.2, 0.25) is 0 Å². The highest BCUT2D eigenvalue weighted by molar-refractivity contribution is 4.84. The number of nitrogens with zero attached hydrogens (tertiary/aromatic N) is 2. The molecular formula is C46H91N2+. The summed E-state index contributed by atoms with van der Waals surface area (Å²) in [6.07, 6.45) is 59.3. The van der Waals surface area contributed by atoms with Gasteiger partial charge in [0.15, 0.2) is 0 Å². The van der Waals surface area contributed by atoms with E-state index in [0.717, 1.165) is 0 Å². The summed E-state index contributed by atoms with van der Waals surface area (Å²) < 4.78 is 5.29. The Labute approximate surface area is 304 Å². The predicted octanol–water partition coefficient (Wildman–Crippen LogP) is 15.8. The van der Waals surface area contributed by atoms with Crippen molar-refractivity contribution in [2.45, 2.75) is 278 Å². The smallest absolute Gasteiger partial charge is 0.234 e. The minimum Gasteiger partial charge on any atom is -0.234 e. The van der Waals surface area contributed by atoms with E-state index in [9.17, 15) is 0 Å². The standard InChI is InChI=1S/C46H91N2/c1-4-7-10-13-16-18-20-22-23-24-25-27-29-31-34-37-40-43-48-45-44-47(46(48)41-38-35-32-15-12-9-6-3)42-39-36-33-30-28-26-21-19-17-14-11-8-5-2/h44-45H,4-43H2,1-3H3/q+1. The largest absolute Gasteiger partial charge is 0.256 e. The van der Waals surface area contributed by atoms with Crippen LogP contribution in [0.1, 0.15) is 264 Å². The summed E-state index contributed by atoms with van der Waals surface area (Å²) in [5, 5.41) is 0. The van der Waals surface area contributed by atoms with E-state index >= 15 is 0 Å². The Morgan fingerprint density at radius 2 is 0.646 bits per heavy atom.